The topological polar surface area (TPSA) is 29.5 Å². The van der Waals surface area contributed by atoms with Crippen LogP contribution in [-0.4, -0.2) is 55.5 Å². The fraction of sp³-hybridized carbons (Fsp3) is 0.917. The first-order valence-corrected chi connectivity index (χ1v) is 7.34. The van der Waals surface area contributed by atoms with Crippen molar-refractivity contribution in [3.8, 4) is 0 Å². The van der Waals surface area contributed by atoms with Gasteiger partial charge in [0.25, 0.3) is 0 Å². The maximum absolute atomic E-state index is 11.9. The number of rotatable bonds is 7. The average molecular weight is 245 g/mol. The Kier molecular flexibility index (Phi) is 6.39. The minimum absolute atomic E-state index is 0.148. The van der Waals surface area contributed by atoms with E-state index in [0.29, 0.717) is 25.0 Å². The second-order valence-electron chi connectivity index (χ2n) is 4.57. The monoisotopic (exact) mass is 245 g/mol. The molecular weight excluding hydrogens is 222 g/mol. The molecule has 2 atom stereocenters. The molecule has 3 nitrogen and oxygen atoms in total. The zero-order valence-electron chi connectivity index (χ0n) is 10.6. The van der Waals surface area contributed by atoms with E-state index in [9.17, 15) is 4.79 Å². The van der Waals surface area contributed by atoms with Crippen molar-refractivity contribution in [2.75, 3.05) is 38.8 Å². The summed E-state index contributed by atoms with van der Waals surface area (Å²) in [7, 11) is 2.04. The van der Waals surface area contributed by atoms with Crippen molar-refractivity contribution in [1.29, 1.82) is 0 Å². The van der Waals surface area contributed by atoms with E-state index in [1.54, 1.807) is 0 Å². The highest BCUT2D eigenvalue weighted by Crippen LogP contribution is 2.15. The van der Waals surface area contributed by atoms with E-state index in [1.165, 1.54) is 0 Å². The second-order valence-corrected chi connectivity index (χ2v) is 5.56. The zero-order chi connectivity index (χ0) is 12.0. The third kappa shape index (κ3) is 4.44. The van der Waals surface area contributed by atoms with E-state index in [4.69, 9.17) is 4.74 Å². The zero-order valence-corrected chi connectivity index (χ0v) is 11.4. The SMILES string of the molecule is CSCCC(C)N(C)CC(=O)C1CCOC1. The molecule has 0 radical (unpaired) electrons. The highest BCUT2D eigenvalue weighted by atomic mass is 32.2. The molecule has 16 heavy (non-hydrogen) atoms. The van der Waals surface area contributed by atoms with E-state index in [1.807, 2.05) is 18.8 Å². The number of thioether (sulfide) groups is 1. The summed E-state index contributed by atoms with van der Waals surface area (Å²) in [5, 5.41) is 0. The summed E-state index contributed by atoms with van der Waals surface area (Å²) in [4.78, 5) is 14.1. The quantitative estimate of drug-likeness (QED) is 0.682. The summed E-state index contributed by atoms with van der Waals surface area (Å²) >= 11 is 1.86. The molecule has 0 amide bonds. The second kappa shape index (κ2) is 7.30. The first-order valence-electron chi connectivity index (χ1n) is 5.94. The van der Waals surface area contributed by atoms with Crippen LogP contribution < -0.4 is 0 Å². The summed E-state index contributed by atoms with van der Waals surface area (Å²) in [6.45, 7) is 4.15. The number of carbonyl (C=O) groups is 1. The summed E-state index contributed by atoms with van der Waals surface area (Å²) < 4.78 is 5.24. The highest BCUT2D eigenvalue weighted by Gasteiger charge is 2.25. The third-order valence-electron chi connectivity index (χ3n) is 3.28. The molecule has 1 aliphatic heterocycles. The summed E-state index contributed by atoms with van der Waals surface area (Å²) in [6.07, 6.45) is 4.17. The Hall–Kier alpha value is -0.0600. The molecule has 4 heteroatoms. The molecule has 0 saturated carbocycles. The van der Waals surface area contributed by atoms with Crippen LogP contribution in [0.4, 0.5) is 0 Å². The molecule has 2 unspecified atom stereocenters. The van der Waals surface area contributed by atoms with Crippen molar-refractivity contribution in [1.82, 2.24) is 4.90 Å². The van der Waals surface area contributed by atoms with Crippen LogP contribution in [0.3, 0.4) is 0 Å². The van der Waals surface area contributed by atoms with Gasteiger partial charge in [-0.3, -0.25) is 9.69 Å². The Morgan fingerprint density at radius 3 is 2.94 bits per heavy atom. The lowest BCUT2D eigenvalue weighted by Gasteiger charge is -2.24. The van der Waals surface area contributed by atoms with Crippen molar-refractivity contribution in [2.45, 2.75) is 25.8 Å². The smallest absolute Gasteiger partial charge is 0.152 e. The first kappa shape index (κ1) is 14.0. The van der Waals surface area contributed by atoms with Crippen molar-refractivity contribution in [3.63, 3.8) is 0 Å². The summed E-state index contributed by atoms with van der Waals surface area (Å²) in [6, 6.07) is 0.485. The number of nitrogens with zero attached hydrogens (tertiary/aromatic N) is 1. The molecule has 1 fully saturated rings. The first-order chi connectivity index (χ1) is 7.65. The van der Waals surface area contributed by atoms with Crippen molar-refractivity contribution in [3.05, 3.63) is 0 Å². The highest BCUT2D eigenvalue weighted by molar-refractivity contribution is 7.98. The molecule has 94 valence electrons. The van der Waals surface area contributed by atoms with Gasteiger partial charge in [-0.2, -0.15) is 11.8 Å². The van der Waals surface area contributed by atoms with Crippen LogP contribution in [0.15, 0.2) is 0 Å². The van der Waals surface area contributed by atoms with Crippen molar-refractivity contribution < 1.29 is 9.53 Å². The fourth-order valence-electron chi connectivity index (χ4n) is 1.83. The van der Waals surface area contributed by atoms with E-state index in [0.717, 1.165) is 25.2 Å². The molecule has 0 aromatic rings. The number of carbonyl (C=O) groups excluding carboxylic acids is 1. The molecule has 0 spiro atoms. The predicted octanol–water partition coefficient (Wildman–Crippen LogP) is 1.67. The van der Waals surface area contributed by atoms with Crippen LogP contribution in [0.2, 0.25) is 0 Å². The largest absolute Gasteiger partial charge is 0.381 e. The van der Waals surface area contributed by atoms with Gasteiger partial charge in [-0.15, -0.1) is 0 Å². The predicted molar refractivity (Wildman–Crippen MR) is 69.0 cm³/mol. The molecule has 1 aliphatic rings. The van der Waals surface area contributed by atoms with Gasteiger partial charge in [0.05, 0.1) is 13.2 Å². The Balaban J connectivity index is 2.26. The number of hydrogen-bond donors (Lipinski definition) is 0. The van der Waals surface area contributed by atoms with Crippen LogP contribution in [0.25, 0.3) is 0 Å². The molecule has 0 aromatic heterocycles. The minimum atomic E-state index is 0.148. The Morgan fingerprint density at radius 1 is 1.62 bits per heavy atom. The maximum atomic E-state index is 11.9. The van der Waals surface area contributed by atoms with Crippen LogP contribution >= 0.6 is 11.8 Å². The lowest BCUT2D eigenvalue weighted by atomic mass is 10.0. The van der Waals surface area contributed by atoms with E-state index in [2.05, 4.69) is 18.1 Å². The van der Waals surface area contributed by atoms with Gasteiger partial charge in [-0.05, 0) is 38.8 Å². The molecule has 0 aromatic carbocycles. The molecule has 0 bridgehead atoms. The van der Waals surface area contributed by atoms with E-state index in [-0.39, 0.29) is 5.92 Å². The molecular formula is C12H23NO2S. The Morgan fingerprint density at radius 2 is 2.38 bits per heavy atom. The van der Waals surface area contributed by atoms with Crippen LogP contribution in [0.1, 0.15) is 19.8 Å². The lowest BCUT2D eigenvalue weighted by Crippen LogP contribution is -2.36. The van der Waals surface area contributed by atoms with Gasteiger partial charge in [-0.25, -0.2) is 0 Å². The number of ether oxygens (including phenoxy) is 1. The third-order valence-corrected chi connectivity index (χ3v) is 3.93. The molecule has 1 heterocycles. The van der Waals surface area contributed by atoms with Crippen LogP contribution in [0.5, 0.6) is 0 Å². The van der Waals surface area contributed by atoms with Gasteiger partial charge in [0.1, 0.15) is 0 Å². The normalized spacial score (nSPS) is 22.6. The number of hydrogen-bond acceptors (Lipinski definition) is 4. The molecule has 0 N–H and O–H groups in total. The molecule has 0 aliphatic carbocycles. The maximum Gasteiger partial charge on any atom is 0.152 e. The Bertz CT molecular complexity index is 217. The van der Waals surface area contributed by atoms with Gasteiger partial charge in [0.15, 0.2) is 5.78 Å². The molecule has 1 rings (SSSR count). The summed E-state index contributed by atoms with van der Waals surface area (Å²) in [5.74, 6) is 1.65. The van der Waals surface area contributed by atoms with Gasteiger partial charge in [-0.1, -0.05) is 0 Å². The Labute approximate surface area is 103 Å². The molecule has 1 saturated heterocycles. The van der Waals surface area contributed by atoms with E-state index >= 15 is 0 Å². The number of Topliss-reactive ketones (excluding diaryl/α,β-unsaturated/α-hetero) is 1. The van der Waals surface area contributed by atoms with Crippen molar-refractivity contribution >= 4 is 17.5 Å². The minimum Gasteiger partial charge on any atom is -0.381 e. The van der Waals surface area contributed by atoms with Crippen LogP contribution in [-0.2, 0) is 9.53 Å². The van der Waals surface area contributed by atoms with Gasteiger partial charge < -0.3 is 4.74 Å². The number of ketones is 1. The van der Waals surface area contributed by atoms with Crippen molar-refractivity contribution in [2.24, 2.45) is 5.92 Å². The lowest BCUT2D eigenvalue weighted by molar-refractivity contribution is -0.124. The average Bonchev–Trinajstić information content (AvgIpc) is 2.79. The van der Waals surface area contributed by atoms with E-state index < -0.39 is 0 Å². The number of likely N-dealkylation sites (N-methyl/N-ethyl adjacent to an activating group) is 1. The van der Waals surface area contributed by atoms with Gasteiger partial charge >= 0.3 is 0 Å². The fourth-order valence-corrected chi connectivity index (χ4v) is 2.40. The van der Waals surface area contributed by atoms with Gasteiger partial charge in [0, 0.05) is 18.6 Å². The standard InChI is InChI=1S/C12H23NO2S/c1-10(5-7-16-3)13(2)8-12(14)11-4-6-15-9-11/h10-11H,4-9H2,1-3H3. The van der Waals surface area contributed by atoms with Crippen LogP contribution in [0, 0.1) is 5.92 Å². The van der Waals surface area contributed by atoms with Gasteiger partial charge in [0.2, 0.25) is 0 Å². The summed E-state index contributed by atoms with van der Waals surface area (Å²) in [5.41, 5.74) is 0.